The first kappa shape index (κ1) is 13.7. The molecule has 0 aliphatic heterocycles. The average molecular weight is 267 g/mol. The highest BCUT2D eigenvalue weighted by Gasteiger charge is 2.33. The molecule has 2 rings (SSSR count). The molecule has 3 heteroatoms. The van der Waals surface area contributed by atoms with Crippen LogP contribution in [0.5, 0.6) is 0 Å². The number of rotatable bonds is 5. The van der Waals surface area contributed by atoms with Gasteiger partial charge in [-0.1, -0.05) is 24.6 Å². The first-order chi connectivity index (χ1) is 8.52. The van der Waals surface area contributed by atoms with Gasteiger partial charge in [-0.25, -0.2) is 0 Å². The highest BCUT2D eigenvalue weighted by molar-refractivity contribution is 6.33. The molecule has 0 amide bonds. The number of hydrogen-bond acceptors (Lipinski definition) is 2. The van der Waals surface area contributed by atoms with Crippen molar-refractivity contribution in [3.05, 3.63) is 28.8 Å². The van der Waals surface area contributed by atoms with E-state index in [1.54, 1.807) is 0 Å². The van der Waals surface area contributed by atoms with E-state index in [0.717, 1.165) is 29.1 Å². The predicted octanol–water partition coefficient (Wildman–Crippen LogP) is 3.71. The Morgan fingerprint density at radius 3 is 2.67 bits per heavy atom. The average Bonchev–Trinajstić information content (AvgIpc) is 3.03. The largest absolute Gasteiger partial charge is 0.373 e. The minimum absolute atomic E-state index is 0.338. The molecular weight excluding hydrogens is 244 g/mol. The normalized spacial score (nSPS) is 23.8. The van der Waals surface area contributed by atoms with Gasteiger partial charge in [-0.15, -0.1) is 0 Å². The Labute approximate surface area is 115 Å². The Morgan fingerprint density at radius 2 is 2.17 bits per heavy atom. The molecule has 1 aromatic carbocycles. The zero-order chi connectivity index (χ0) is 13.3. The van der Waals surface area contributed by atoms with Crippen molar-refractivity contribution in [1.29, 1.82) is 0 Å². The number of benzene rings is 1. The van der Waals surface area contributed by atoms with Crippen LogP contribution in [0.2, 0.25) is 5.02 Å². The minimum atomic E-state index is 0.338. The molecule has 100 valence electrons. The van der Waals surface area contributed by atoms with Gasteiger partial charge in [0.15, 0.2) is 0 Å². The first-order valence-corrected chi connectivity index (χ1v) is 7.08. The van der Waals surface area contributed by atoms with Crippen molar-refractivity contribution in [1.82, 2.24) is 5.32 Å². The van der Waals surface area contributed by atoms with Crippen LogP contribution in [-0.2, 0) is 0 Å². The van der Waals surface area contributed by atoms with Gasteiger partial charge in [0.05, 0.1) is 10.7 Å². The standard InChI is InChI=1S/C15H23ClN2/c1-10-7-13(10)9-18(4)15-6-5-12(8-14(15)16)11(2)17-3/h5-6,8,10-11,13,17H,7,9H2,1-4H3. The fraction of sp³-hybridized carbons (Fsp3) is 0.600. The predicted molar refractivity (Wildman–Crippen MR) is 79.5 cm³/mol. The second kappa shape index (κ2) is 5.50. The highest BCUT2D eigenvalue weighted by Crippen LogP contribution is 2.39. The van der Waals surface area contributed by atoms with E-state index in [2.05, 4.69) is 49.3 Å². The van der Waals surface area contributed by atoms with Crippen molar-refractivity contribution in [3.63, 3.8) is 0 Å². The van der Waals surface area contributed by atoms with Gasteiger partial charge in [0.1, 0.15) is 0 Å². The molecule has 0 spiro atoms. The van der Waals surface area contributed by atoms with Gasteiger partial charge in [-0.2, -0.15) is 0 Å². The summed E-state index contributed by atoms with van der Waals surface area (Å²) in [5, 5.41) is 4.09. The lowest BCUT2D eigenvalue weighted by Gasteiger charge is -2.22. The quantitative estimate of drug-likeness (QED) is 0.874. The number of nitrogens with one attached hydrogen (secondary N) is 1. The van der Waals surface area contributed by atoms with E-state index < -0.39 is 0 Å². The third-order valence-electron chi connectivity index (χ3n) is 4.10. The fourth-order valence-electron chi connectivity index (χ4n) is 2.37. The Balaban J connectivity index is 2.08. The topological polar surface area (TPSA) is 15.3 Å². The Kier molecular flexibility index (Phi) is 4.18. The lowest BCUT2D eigenvalue weighted by atomic mass is 10.1. The summed E-state index contributed by atoms with van der Waals surface area (Å²) in [6, 6.07) is 6.71. The molecule has 3 unspecified atom stereocenters. The molecular formula is C15H23ClN2. The summed E-state index contributed by atoms with van der Waals surface area (Å²) in [7, 11) is 4.10. The third kappa shape index (κ3) is 2.99. The summed E-state index contributed by atoms with van der Waals surface area (Å²) in [4.78, 5) is 2.28. The molecule has 1 N–H and O–H groups in total. The number of anilines is 1. The fourth-order valence-corrected chi connectivity index (χ4v) is 2.71. The molecule has 1 saturated carbocycles. The maximum atomic E-state index is 6.40. The lowest BCUT2D eigenvalue weighted by molar-refractivity contribution is 0.652. The van der Waals surface area contributed by atoms with Crippen molar-refractivity contribution in [2.45, 2.75) is 26.3 Å². The van der Waals surface area contributed by atoms with Crippen LogP contribution in [0.25, 0.3) is 0 Å². The van der Waals surface area contributed by atoms with Gasteiger partial charge in [0.25, 0.3) is 0 Å². The van der Waals surface area contributed by atoms with Crippen molar-refractivity contribution >= 4 is 17.3 Å². The van der Waals surface area contributed by atoms with Gasteiger partial charge in [-0.05, 0) is 49.9 Å². The van der Waals surface area contributed by atoms with E-state index in [1.165, 1.54) is 12.0 Å². The van der Waals surface area contributed by atoms with Crippen LogP contribution in [0.1, 0.15) is 31.9 Å². The molecule has 1 aliphatic rings. The van der Waals surface area contributed by atoms with Gasteiger partial charge in [-0.3, -0.25) is 0 Å². The lowest BCUT2D eigenvalue weighted by Crippen LogP contribution is -2.21. The van der Waals surface area contributed by atoms with Crippen LogP contribution in [0.4, 0.5) is 5.69 Å². The van der Waals surface area contributed by atoms with E-state index in [0.29, 0.717) is 6.04 Å². The van der Waals surface area contributed by atoms with E-state index in [9.17, 15) is 0 Å². The van der Waals surface area contributed by atoms with Crippen molar-refractivity contribution in [2.75, 3.05) is 25.5 Å². The third-order valence-corrected chi connectivity index (χ3v) is 4.40. The Hall–Kier alpha value is -0.730. The highest BCUT2D eigenvalue weighted by atomic mass is 35.5. The second-order valence-corrected chi connectivity index (χ2v) is 5.98. The van der Waals surface area contributed by atoms with E-state index in [4.69, 9.17) is 11.6 Å². The van der Waals surface area contributed by atoms with E-state index in [-0.39, 0.29) is 0 Å². The van der Waals surface area contributed by atoms with Gasteiger partial charge >= 0.3 is 0 Å². The number of nitrogens with zero attached hydrogens (tertiary/aromatic N) is 1. The van der Waals surface area contributed by atoms with Crippen LogP contribution in [-0.4, -0.2) is 20.6 Å². The maximum absolute atomic E-state index is 6.40. The summed E-state index contributed by atoms with van der Waals surface area (Å²) in [6.07, 6.45) is 1.36. The summed E-state index contributed by atoms with van der Waals surface area (Å²) < 4.78 is 0. The summed E-state index contributed by atoms with van der Waals surface area (Å²) in [6.45, 7) is 5.57. The monoisotopic (exact) mass is 266 g/mol. The van der Waals surface area contributed by atoms with E-state index >= 15 is 0 Å². The molecule has 1 aliphatic carbocycles. The van der Waals surface area contributed by atoms with E-state index in [1.807, 2.05) is 7.05 Å². The van der Waals surface area contributed by atoms with Crippen molar-refractivity contribution < 1.29 is 0 Å². The summed E-state index contributed by atoms with van der Waals surface area (Å²) in [5.74, 6) is 1.73. The van der Waals surface area contributed by atoms with Crippen molar-refractivity contribution in [2.24, 2.45) is 11.8 Å². The zero-order valence-electron chi connectivity index (χ0n) is 11.7. The minimum Gasteiger partial charge on any atom is -0.373 e. The number of halogens is 1. The molecule has 1 fully saturated rings. The summed E-state index contributed by atoms with van der Waals surface area (Å²) >= 11 is 6.40. The molecule has 2 nitrogen and oxygen atoms in total. The van der Waals surface area contributed by atoms with Crippen LogP contribution < -0.4 is 10.2 Å². The second-order valence-electron chi connectivity index (χ2n) is 5.57. The smallest absolute Gasteiger partial charge is 0.0642 e. The molecule has 0 saturated heterocycles. The molecule has 0 radical (unpaired) electrons. The maximum Gasteiger partial charge on any atom is 0.0642 e. The van der Waals surface area contributed by atoms with Crippen LogP contribution >= 0.6 is 11.6 Å². The van der Waals surface area contributed by atoms with Gasteiger partial charge in [0.2, 0.25) is 0 Å². The Bertz CT molecular complexity index is 419. The zero-order valence-corrected chi connectivity index (χ0v) is 12.5. The van der Waals surface area contributed by atoms with Crippen LogP contribution in [0.15, 0.2) is 18.2 Å². The molecule has 1 aromatic rings. The number of hydrogen-bond donors (Lipinski definition) is 1. The van der Waals surface area contributed by atoms with Gasteiger partial charge in [0, 0.05) is 19.6 Å². The van der Waals surface area contributed by atoms with Crippen molar-refractivity contribution in [3.8, 4) is 0 Å². The SMILES string of the molecule is CNC(C)c1ccc(N(C)CC2CC2C)c(Cl)c1. The van der Waals surface area contributed by atoms with Crippen LogP contribution in [0.3, 0.4) is 0 Å². The first-order valence-electron chi connectivity index (χ1n) is 6.70. The molecule has 0 bridgehead atoms. The molecule has 0 heterocycles. The molecule has 0 aromatic heterocycles. The van der Waals surface area contributed by atoms with Crippen LogP contribution in [0, 0.1) is 11.8 Å². The molecule has 18 heavy (non-hydrogen) atoms. The Morgan fingerprint density at radius 1 is 1.50 bits per heavy atom. The molecule has 3 atom stereocenters. The van der Waals surface area contributed by atoms with Gasteiger partial charge < -0.3 is 10.2 Å². The summed E-state index contributed by atoms with van der Waals surface area (Å²) in [5.41, 5.74) is 2.38.